The van der Waals surface area contributed by atoms with Crippen LogP contribution in [-0.2, 0) is 6.54 Å². The van der Waals surface area contributed by atoms with Crippen molar-refractivity contribution in [1.29, 1.82) is 0 Å². The Kier molecular flexibility index (Phi) is 5.75. The third-order valence-corrected chi connectivity index (χ3v) is 3.81. The van der Waals surface area contributed by atoms with Gasteiger partial charge in [0, 0.05) is 11.4 Å². The van der Waals surface area contributed by atoms with E-state index in [4.69, 9.17) is 0 Å². The summed E-state index contributed by atoms with van der Waals surface area (Å²) in [5.41, 5.74) is 0. The van der Waals surface area contributed by atoms with Crippen LogP contribution in [0.4, 0.5) is 0 Å². The van der Waals surface area contributed by atoms with Gasteiger partial charge in [0.05, 0.1) is 3.79 Å². The first-order valence-corrected chi connectivity index (χ1v) is 6.76. The van der Waals surface area contributed by atoms with Gasteiger partial charge in [0.15, 0.2) is 0 Å². The topological polar surface area (TPSA) is 3.24 Å². The maximum Gasteiger partial charge on any atom is 0.0701 e. The molecule has 0 fully saturated rings. The lowest BCUT2D eigenvalue weighted by Gasteiger charge is -2.14. The van der Waals surface area contributed by atoms with E-state index in [0.29, 0.717) is 0 Å². The van der Waals surface area contributed by atoms with Crippen molar-refractivity contribution in [2.75, 3.05) is 13.6 Å². The van der Waals surface area contributed by atoms with Crippen molar-refractivity contribution in [2.24, 2.45) is 0 Å². The summed E-state index contributed by atoms with van der Waals surface area (Å²) in [6.07, 6.45) is 3.97. The quantitative estimate of drug-likeness (QED) is 0.706. The summed E-state index contributed by atoms with van der Waals surface area (Å²) >= 11 is 5.32. The maximum atomic E-state index is 3.49. The van der Waals surface area contributed by atoms with E-state index < -0.39 is 0 Å². The largest absolute Gasteiger partial charge is 0.301 e. The summed E-state index contributed by atoms with van der Waals surface area (Å²) in [6.45, 7) is 4.54. The zero-order valence-corrected chi connectivity index (χ0v) is 11.3. The highest BCUT2D eigenvalue weighted by Gasteiger charge is 2.02. The Morgan fingerprint density at radius 1 is 1.36 bits per heavy atom. The van der Waals surface area contributed by atoms with Crippen LogP contribution in [0.25, 0.3) is 0 Å². The lowest BCUT2D eigenvalue weighted by Crippen LogP contribution is -2.18. The SMILES string of the molecule is CCCCCN(C)Cc1ccc(Br)s1. The lowest BCUT2D eigenvalue weighted by atomic mass is 10.2. The molecule has 0 unspecified atom stereocenters. The summed E-state index contributed by atoms with van der Waals surface area (Å²) in [7, 11) is 2.20. The fraction of sp³-hybridized carbons (Fsp3) is 0.636. The number of hydrogen-bond donors (Lipinski definition) is 0. The Bertz CT molecular complexity index is 260. The summed E-state index contributed by atoms with van der Waals surface area (Å²) in [4.78, 5) is 3.84. The second kappa shape index (κ2) is 6.59. The smallest absolute Gasteiger partial charge is 0.0701 e. The number of thiophene rings is 1. The molecular weight excluding hydrogens is 258 g/mol. The Morgan fingerprint density at radius 3 is 2.71 bits per heavy atom. The predicted octanol–water partition coefficient (Wildman–Crippen LogP) is 4.13. The molecule has 0 saturated heterocycles. The molecule has 0 amide bonds. The van der Waals surface area contributed by atoms with Gasteiger partial charge >= 0.3 is 0 Å². The van der Waals surface area contributed by atoms with Crippen molar-refractivity contribution in [3.8, 4) is 0 Å². The molecule has 0 N–H and O–H groups in total. The zero-order valence-electron chi connectivity index (χ0n) is 8.92. The summed E-state index contributed by atoms with van der Waals surface area (Å²) < 4.78 is 1.23. The van der Waals surface area contributed by atoms with Crippen molar-refractivity contribution in [2.45, 2.75) is 32.7 Å². The Morgan fingerprint density at radius 2 is 2.14 bits per heavy atom. The van der Waals surface area contributed by atoms with Crippen LogP contribution in [0.2, 0.25) is 0 Å². The normalized spacial score (nSPS) is 11.1. The molecule has 0 saturated carbocycles. The van der Waals surface area contributed by atoms with Crippen molar-refractivity contribution in [3.05, 3.63) is 20.8 Å². The number of unbranched alkanes of at least 4 members (excludes halogenated alkanes) is 2. The van der Waals surface area contributed by atoms with Crippen LogP contribution in [-0.4, -0.2) is 18.5 Å². The van der Waals surface area contributed by atoms with Gasteiger partial charge in [0.2, 0.25) is 0 Å². The molecule has 3 heteroatoms. The van der Waals surface area contributed by atoms with E-state index in [0.717, 1.165) is 6.54 Å². The molecule has 0 aromatic carbocycles. The van der Waals surface area contributed by atoms with E-state index in [1.807, 2.05) is 11.3 Å². The van der Waals surface area contributed by atoms with E-state index in [9.17, 15) is 0 Å². The fourth-order valence-corrected chi connectivity index (χ4v) is 2.98. The number of hydrogen-bond acceptors (Lipinski definition) is 2. The molecule has 0 bridgehead atoms. The molecule has 1 heterocycles. The Labute approximate surface area is 99.3 Å². The standard InChI is InChI=1S/C11H18BrNS/c1-3-4-5-8-13(2)9-10-6-7-11(12)14-10/h6-7H,3-5,8-9H2,1-2H3. The summed E-state index contributed by atoms with van der Waals surface area (Å²) in [5, 5.41) is 0. The van der Waals surface area contributed by atoms with Crippen LogP contribution in [0, 0.1) is 0 Å². The number of rotatable bonds is 6. The minimum atomic E-state index is 1.08. The first-order valence-electron chi connectivity index (χ1n) is 5.15. The van der Waals surface area contributed by atoms with Gasteiger partial charge in [0.1, 0.15) is 0 Å². The van der Waals surface area contributed by atoms with Crippen LogP contribution >= 0.6 is 27.3 Å². The average molecular weight is 276 g/mol. The Hall–Kier alpha value is 0.140. The predicted molar refractivity (Wildman–Crippen MR) is 67.9 cm³/mol. The minimum Gasteiger partial charge on any atom is -0.301 e. The highest BCUT2D eigenvalue weighted by molar-refractivity contribution is 9.11. The van der Waals surface area contributed by atoms with Gasteiger partial charge in [-0.1, -0.05) is 19.8 Å². The molecule has 14 heavy (non-hydrogen) atoms. The van der Waals surface area contributed by atoms with Gasteiger partial charge in [-0.05, 0) is 48.1 Å². The van der Waals surface area contributed by atoms with Crippen LogP contribution < -0.4 is 0 Å². The fourth-order valence-electron chi connectivity index (χ4n) is 1.41. The second-order valence-corrected chi connectivity index (χ2v) is 6.20. The van der Waals surface area contributed by atoms with E-state index in [1.54, 1.807) is 0 Å². The molecule has 1 rings (SSSR count). The maximum absolute atomic E-state index is 3.49. The molecule has 0 aliphatic rings. The zero-order chi connectivity index (χ0) is 10.4. The van der Waals surface area contributed by atoms with E-state index >= 15 is 0 Å². The average Bonchev–Trinajstić information content (AvgIpc) is 2.52. The monoisotopic (exact) mass is 275 g/mol. The van der Waals surface area contributed by atoms with Crippen LogP contribution in [0.3, 0.4) is 0 Å². The number of nitrogens with zero attached hydrogens (tertiary/aromatic N) is 1. The van der Waals surface area contributed by atoms with Crippen molar-refractivity contribution >= 4 is 27.3 Å². The van der Waals surface area contributed by atoms with Crippen molar-refractivity contribution in [1.82, 2.24) is 4.90 Å². The summed E-state index contributed by atoms with van der Waals surface area (Å²) in [5.74, 6) is 0. The third-order valence-electron chi connectivity index (χ3n) is 2.20. The highest BCUT2D eigenvalue weighted by atomic mass is 79.9. The Balaban J connectivity index is 2.23. The molecule has 1 aromatic rings. The molecule has 0 aliphatic carbocycles. The molecule has 80 valence electrons. The van der Waals surface area contributed by atoms with E-state index in [-0.39, 0.29) is 0 Å². The van der Waals surface area contributed by atoms with E-state index in [2.05, 4.69) is 46.9 Å². The van der Waals surface area contributed by atoms with Gasteiger partial charge in [0.25, 0.3) is 0 Å². The molecule has 0 atom stereocenters. The third kappa shape index (κ3) is 4.58. The molecule has 0 radical (unpaired) electrons. The van der Waals surface area contributed by atoms with Gasteiger partial charge in [-0.2, -0.15) is 0 Å². The van der Waals surface area contributed by atoms with Gasteiger partial charge in [-0.25, -0.2) is 0 Å². The molecule has 1 aromatic heterocycles. The van der Waals surface area contributed by atoms with Crippen LogP contribution in [0.15, 0.2) is 15.9 Å². The van der Waals surface area contributed by atoms with Crippen LogP contribution in [0.1, 0.15) is 31.1 Å². The van der Waals surface area contributed by atoms with Crippen molar-refractivity contribution < 1.29 is 0 Å². The lowest BCUT2D eigenvalue weighted by molar-refractivity contribution is 0.321. The van der Waals surface area contributed by atoms with E-state index in [1.165, 1.54) is 34.5 Å². The molecule has 0 aliphatic heterocycles. The first-order chi connectivity index (χ1) is 6.72. The summed E-state index contributed by atoms with van der Waals surface area (Å²) in [6, 6.07) is 4.32. The molecule has 0 spiro atoms. The molecule has 1 nitrogen and oxygen atoms in total. The van der Waals surface area contributed by atoms with Gasteiger partial charge in [-0.3, -0.25) is 0 Å². The van der Waals surface area contributed by atoms with Crippen molar-refractivity contribution in [3.63, 3.8) is 0 Å². The second-order valence-electron chi connectivity index (χ2n) is 3.65. The molecular formula is C11H18BrNS. The van der Waals surface area contributed by atoms with Gasteiger partial charge < -0.3 is 4.90 Å². The van der Waals surface area contributed by atoms with Gasteiger partial charge in [-0.15, -0.1) is 11.3 Å². The first kappa shape index (κ1) is 12.2. The highest BCUT2D eigenvalue weighted by Crippen LogP contribution is 2.22. The minimum absolute atomic E-state index is 1.08. The van der Waals surface area contributed by atoms with Crippen LogP contribution in [0.5, 0.6) is 0 Å². The number of halogens is 1.